The number of ketones is 1. The van der Waals surface area contributed by atoms with Gasteiger partial charge < -0.3 is 0 Å². The molecule has 0 amide bonds. The van der Waals surface area contributed by atoms with Crippen LogP contribution in [0.1, 0.15) is 41.0 Å². The van der Waals surface area contributed by atoms with Crippen molar-refractivity contribution in [1.29, 1.82) is 0 Å². The highest BCUT2D eigenvalue weighted by molar-refractivity contribution is 5.99. The van der Waals surface area contributed by atoms with Gasteiger partial charge in [0.1, 0.15) is 0 Å². The Morgan fingerprint density at radius 2 is 1.52 bits per heavy atom. The maximum absolute atomic E-state index is 12.1. The Labute approximate surface area is 160 Å². The number of benzene rings is 2. The molecule has 1 heterocycles. The Morgan fingerprint density at radius 1 is 0.963 bits per heavy atom. The topological polar surface area (TPSA) is 30.0 Å². The van der Waals surface area contributed by atoms with E-state index in [1.54, 1.807) is 13.0 Å². The highest BCUT2D eigenvalue weighted by Gasteiger charge is 2.13. The summed E-state index contributed by atoms with van der Waals surface area (Å²) in [5.41, 5.74) is 7.53. The summed E-state index contributed by atoms with van der Waals surface area (Å²) < 4.78 is 0. The van der Waals surface area contributed by atoms with Gasteiger partial charge in [-0.05, 0) is 44.0 Å². The van der Waals surface area contributed by atoms with Gasteiger partial charge in [-0.1, -0.05) is 72.8 Å². The molecular formula is C25H23NO. The van der Waals surface area contributed by atoms with Crippen LogP contribution in [-0.2, 0) is 0 Å². The van der Waals surface area contributed by atoms with Crippen LogP contribution in [0.15, 0.2) is 67.3 Å². The van der Waals surface area contributed by atoms with Crippen LogP contribution in [0.3, 0.4) is 0 Å². The molecule has 0 bridgehead atoms. The number of hydrogen-bond acceptors (Lipinski definition) is 2. The first kappa shape index (κ1) is 18.5. The minimum atomic E-state index is 0.00979. The number of rotatable bonds is 5. The van der Waals surface area contributed by atoms with Crippen molar-refractivity contribution in [2.45, 2.75) is 20.8 Å². The number of nitrogens with zero attached hydrogens (tertiary/aromatic N) is 1. The van der Waals surface area contributed by atoms with Crippen LogP contribution in [0.4, 0.5) is 0 Å². The second-order valence-electron chi connectivity index (χ2n) is 6.56. The molecule has 0 unspecified atom stereocenters. The van der Waals surface area contributed by atoms with E-state index in [0.29, 0.717) is 5.56 Å². The van der Waals surface area contributed by atoms with Crippen molar-refractivity contribution in [2.24, 2.45) is 0 Å². The van der Waals surface area contributed by atoms with Crippen molar-refractivity contribution in [3.8, 4) is 22.4 Å². The molecule has 2 aromatic carbocycles. The lowest BCUT2D eigenvalue weighted by molar-refractivity contribution is 0.101. The maximum atomic E-state index is 12.1. The van der Waals surface area contributed by atoms with E-state index >= 15 is 0 Å². The van der Waals surface area contributed by atoms with Gasteiger partial charge in [0.2, 0.25) is 0 Å². The molecule has 134 valence electrons. The summed E-state index contributed by atoms with van der Waals surface area (Å²) in [6.45, 7) is 9.44. The number of aromatic nitrogens is 1. The van der Waals surface area contributed by atoms with Gasteiger partial charge in [-0.25, -0.2) is 4.98 Å². The quantitative estimate of drug-likeness (QED) is 0.483. The standard InChI is InChI=1S/C25H23NO/c1-5-7-24-22(6-2)23(18(4)27)16-25(26-24)21-14-12-20(13-15-21)19-10-8-17(3)9-11-19/h5-16H,2H2,1,3-4H3/b7-5-. The van der Waals surface area contributed by atoms with Crippen molar-refractivity contribution in [2.75, 3.05) is 0 Å². The van der Waals surface area contributed by atoms with E-state index in [1.807, 2.05) is 25.1 Å². The van der Waals surface area contributed by atoms with Crippen LogP contribution in [0.2, 0.25) is 0 Å². The van der Waals surface area contributed by atoms with E-state index in [0.717, 1.165) is 28.1 Å². The van der Waals surface area contributed by atoms with Gasteiger partial charge in [-0.2, -0.15) is 0 Å². The van der Waals surface area contributed by atoms with Crippen LogP contribution >= 0.6 is 0 Å². The predicted molar refractivity (Wildman–Crippen MR) is 115 cm³/mol. The third-order valence-electron chi connectivity index (χ3n) is 4.56. The first-order valence-electron chi connectivity index (χ1n) is 9.02. The zero-order valence-corrected chi connectivity index (χ0v) is 16.0. The molecule has 0 aliphatic heterocycles. The Hall–Kier alpha value is -3.26. The highest BCUT2D eigenvalue weighted by atomic mass is 16.1. The lowest BCUT2D eigenvalue weighted by Gasteiger charge is -2.11. The van der Waals surface area contributed by atoms with Crippen molar-refractivity contribution in [1.82, 2.24) is 4.98 Å². The molecule has 2 heteroatoms. The van der Waals surface area contributed by atoms with E-state index in [9.17, 15) is 4.79 Å². The van der Waals surface area contributed by atoms with Crippen molar-refractivity contribution in [3.63, 3.8) is 0 Å². The average molecular weight is 353 g/mol. The summed E-state index contributed by atoms with van der Waals surface area (Å²) in [7, 11) is 0. The smallest absolute Gasteiger partial charge is 0.160 e. The van der Waals surface area contributed by atoms with Gasteiger partial charge in [0.25, 0.3) is 0 Å². The molecule has 0 N–H and O–H groups in total. The van der Waals surface area contributed by atoms with E-state index in [-0.39, 0.29) is 5.78 Å². The van der Waals surface area contributed by atoms with Gasteiger partial charge >= 0.3 is 0 Å². The zero-order chi connectivity index (χ0) is 19.4. The lowest BCUT2D eigenvalue weighted by Crippen LogP contribution is -2.02. The van der Waals surface area contributed by atoms with Gasteiger partial charge in [0, 0.05) is 16.7 Å². The molecule has 2 nitrogen and oxygen atoms in total. The molecule has 27 heavy (non-hydrogen) atoms. The molecule has 0 aliphatic carbocycles. The summed E-state index contributed by atoms with van der Waals surface area (Å²) in [6.07, 6.45) is 5.53. The number of aryl methyl sites for hydroxylation is 1. The number of Topliss-reactive ketones (excluding diaryl/α,β-unsaturated/α-hetero) is 1. The number of allylic oxidation sites excluding steroid dienone is 1. The lowest BCUT2D eigenvalue weighted by atomic mass is 9.97. The van der Waals surface area contributed by atoms with Gasteiger partial charge in [-0.3, -0.25) is 4.79 Å². The molecule has 3 aromatic rings. The SMILES string of the molecule is C=Cc1c(C(C)=O)cc(-c2ccc(-c3ccc(C)cc3)cc2)nc1/C=C\C. The molecule has 3 rings (SSSR count). The van der Waals surface area contributed by atoms with Gasteiger partial charge in [0.15, 0.2) is 5.78 Å². The van der Waals surface area contributed by atoms with Crippen LogP contribution in [0.5, 0.6) is 0 Å². The minimum Gasteiger partial charge on any atom is -0.294 e. The van der Waals surface area contributed by atoms with E-state index < -0.39 is 0 Å². The molecule has 1 aromatic heterocycles. The molecule has 0 aliphatic rings. The molecule has 0 radical (unpaired) electrons. The second-order valence-corrected chi connectivity index (χ2v) is 6.56. The first-order chi connectivity index (χ1) is 13.0. The molecular weight excluding hydrogens is 330 g/mol. The fourth-order valence-corrected chi connectivity index (χ4v) is 3.09. The van der Waals surface area contributed by atoms with Crippen LogP contribution in [0, 0.1) is 6.92 Å². The normalized spacial score (nSPS) is 10.9. The summed E-state index contributed by atoms with van der Waals surface area (Å²) in [6, 6.07) is 18.6. The van der Waals surface area contributed by atoms with E-state index in [4.69, 9.17) is 4.98 Å². The zero-order valence-electron chi connectivity index (χ0n) is 16.0. The molecule has 0 saturated heterocycles. The summed E-state index contributed by atoms with van der Waals surface area (Å²) in [4.78, 5) is 16.9. The fourth-order valence-electron chi connectivity index (χ4n) is 3.09. The summed E-state index contributed by atoms with van der Waals surface area (Å²) >= 11 is 0. The third kappa shape index (κ3) is 3.95. The fraction of sp³-hybridized carbons (Fsp3) is 0.120. The van der Waals surface area contributed by atoms with Crippen LogP contribution in [-0.4, -0.2) is 10.8 Å². The monoisotopic (exact) mass is 353 g/mol. The Bertz CT molecular complexity index is 1010. The number of carbonyl (C=O) groups is 1. The molecule has 0 fully saturated rings. The Kier molecular flexibility index (Phi) is 5.46. The second kappa shape index (κ2) is 7.96. The van der Waals surface area contributed by atoms with Gasteiger partial charge in [0.05, 0.1) is 11.4 Å². The predicted octanol–water partition coefficient (Wildman–Crippen LogP) is 6.60. The summed E-state index contributed by atoms with van der Waals surface area (Å²) in [5.74, 6) is 0.00979. The third-order valence-corrected chi connectivity index (χ3v) is 4.56. The highest BCUT2D eigenvalue weighted by Crippen LogP contribution is 2.27. The Balaban J connectivity index is 2.06. The van der Waals surface area contributed by atoms with Crippen molar-refractivity contribution in [3.05, 3.63) is 89.6 Å². The van der Waals surface area contributed by atoms with Crippen molar-refractivity contribution >= 4 is 17.9 Å². The Morgan fingerprint density at radius 3 is 2.04 bits per heavy atom. The minimum absolute atomic E-state index is 0.00979. The maximum Gasteiger partial charge on any atom is 0.160 e. The van der Waals surface area contributed by atoms with E-state index in [1.165, 1.54) is 11.1 Å². The molecule has 0 spiro atoms. The molecule has 0 saturated carbocycles. The number of carbonyl (C=O) groups excluding carboxylic acids is 1. The van der Waals surface area contributed by atoms with Crippen molar-refractivity contribution < 1.29 is 4.79 Å². The number of pyridine rings is 1. The molecule has 0 atom stereocenters. The van der Waals surface area contributed by atoms with Crippen LogP contribution < -0.4 is 0 Å². The summed E-state index contributed by atoms with van der Waals surface area (Å²) in [5, 5.41) is 0. The first-order valence-corrected chi connectivity index (χ1v) is 9.02. The van der Waals surface area contributed by atoms with Crippen LogP contribution in [0.25, 0.3) is 34.5 Å². The average Bonchev–Trinajstić information content (AvgIpc) is 2.68. The largest absolute Gasteiger partial charge is 0.294 e. The van der Waals surface area contributed by atoms with E-state index in [2.05, 4.69) is 62.0 Å². The number of hydrogen-bond donors (Lipinski definition) is 0. The van der Waals surface area contributed by atoms with Gasteiger partial charge in [-0.15, -0.1) is 0 Å².